The SMILES string of the molecule is C=C(C)[C@H]1CCCC(=O)C1.C=[C-]C.C[Si](C)(C)Cl.II.I[I-]I.O=C1C=CCCC1.[Br-].[Mg+2]. The molecule has 1 fully saturated rings. The van der Waals surface area contributed by atoms with Gasteiger partial charge in [0.05, 0.1) is 0 Å². The normalized spacial score (nSPS) is 15.9. The van der Waals surface area contributed by atoms with E-state index in [-0.39, 0.29) is 45.8 Å². The average molecular weight is 1120 g/mol. The quantitative estimate of drug-likeness (QED) is 0.132. The van der Waals surface area contributed by atoms with E-state index in [0.29, 0.717) is 25.0 Å². The van der Waals surface area contributed by atoms with Crippen LogP contribution in [0.15, 0.2) is 30.9 Å². The summed E-state index contributed by atoms with van der Waals surface area (Å²) < 4.78 is 0. The fourth-order valence-corrected chi connectivity index (χ4v) is 2.14. The Morgan fingerprint density at radius 3 is 1.78 bits per heavy atom. The summed E-state index contributed by atoms with van der Waals surface area (Å²) >= 11 is 15.2. The van der Waals surface area contributed by atoms with Gasteiger partial charge in [0, 0.05) is 56.5 Å². The van der Waals surface area contributed by atoms with Gasteiger partial charge in [-0.15, -0.1) is 0 Å². The van der Waals surface area contributed by atoms with Gasteiger partial charge in [-0.1, -0.05) is 37.9 Å². The summed E-state index contributed by atoms with van der Waals surface area (Å²) in [6, 6.07) is 0. The fraction of sp³-hybridized carbons (Fsp3) is 0.619. The Bertz CT molecular complexity index is 485. The first-order valence-electron chi connectivity index (χ1n) is 9.43. The number of carbonyl (C=O) groups excluding carboxylic acids is 2. The summed E-state index contributed by atoms with van der Waals surface area (Å²) in [6.07, 6.45) is 12.8. The Labute approximate surface area is 283 Å². The molecular weight excluding hydrogens is 1090 g/mol. The molecule has 0 spiro atoms. The maximum atomic E-state index is 10.9. The minimum Gasteiger partial charge on any atom is -1.00 e. The Hall–Kier alpha value is 3.96. The Morgan fingerprint density at radius 1 is 1.19 bits per heavy atom. The van der Waals surface area contributed by atoms with Gasteiger partial charge in [-0.05, 0) is 44.6 Å². The molecule has 0 bridgehead atoms. The van der Waals surface area contributed by atoms with Gasteiger partial charge in [-0.2, -0.15) is 18.0 Å². The van der Waals surface area contributed by atoms with Crippen molar-refractivity contribution in [2.24, 2.45) is 5.92 Å². The van der Waals surface area contributed by atoms with Crippen molar-refractivity contribution in [3.05, 3.63) is 37.0 Å². The van der Waals surface area contributed by atoms with Crippen LogP contribution in [-0.4, -0.2) is 42.0 Å². The van der Waals surface area contributed by atoms with Crippen LogP contribution < -0.4 is 30.2 Å². The van der Waals surface area contributed by atoms with Crippen LogP contribution in [0.3, 0.4) is 0 Å². The van der Waals surface area contributed by atoms with E-state index in [2.05, 4.69) is 113 Å². The molecule has 0 aromatic heterocycles. The van der Waals surface area contributed by atoms with E-state index in [4.69, 9.17) is 11.1 Å². The number of Topliss-reactive ketones (excluding diaryl/α,β-unsaturated/α-hetero) is 1. The van der Waals surface area contributed by atoms with Crippen LogP contribution in [0, 0.1) is 12.0 Å². The topological polar surface area (TPSA) is 34.1 Å². The number of halogens is 7. The third-order valence-electron chi connectivity index (χ3n) is 3.28. The summed E-state index contributed by atoms with van der Waals surface area (Å²) in [5.74, 6) is 1.19. The van der Waals surface area contributed by atoms with Gasteiger partial charge in [0.25, 0.3) is 0 Å². The summed E-state index contributed by atoms with van der Waals surface area (Å²) in [6.45, 7) is 17.2. The first-order chi connectivity index (χ1) is 13.9. The largest absolute Gasteiger partial charge is 2.00 e. The first-order valence-corrected chi connectivity index (χ1v) is 32.8. The van der Waals surface area contributed by atoms with E-state index < -0.39 is 7.38 Å². The maximum Gasteiger partial charge on any atom is 2.00 e. The Balaban J connectivity index is -0.0000000685. The molecule has 0 amide bonds. The number of hydrogen-bond acceptors (Lipinski definition) is 2. The predicted octanol–water partition coefficient (Wildman–Crippen LogP) is 3.84. The van der Waals surface area contributed by atoms with E-state index in [9.17, 15) is 9.59 Å². The summed E-state index contributed by atoms with van der Waals surface area (Å²) in [4.78, 5) is 21.3. The second kappa shape index (κ2) is 37.1. The van der Waals surface area contributed by atoms with Gasteiger partial charge >= 0.3 is 73.5 Å². The smallest absolute Gasteiger partial charge is 1.00 e. The van der Waals surface area contributed by atoms with E-state index in [1.54, 1.807) is 13.0 Å². The number of rotatable bonds is 1. The van der Waals surface area contributed by atoms with E-state index in [1.165, 1.54) is 12.0 Å². The number of allylic oxidation sites excluding steroid dienone is 4. The van der Waals surface area contributed by atoms with Crippen molar-refractivity contribution in [3.63, 3.8) is 0 Å². The van der Waals surface area contributed by atoms with Crippen molar-refractivity contribution in [1.82, 2.24) is 0 Å². The first kappa shape index (κ1) is 49.0. The minimum absolute atomic E-state index is 0. The molecule has 0 N–H and O–H groups in total. The molecule has 1 atom stereocenters. The molecule has 11 heteroatoms. The molecule has 0 unspecified atom stereocenters. The van der Waals surface area contributed by atoms with Gasteiger partial charge in [0.2, 0.25) is 0 Å². The molecule has 0 heterocycles. The van der Waals surface area contributed by atoms with Crippen LogP contribution >= 0.6 is 85.5 Å². The molecule has 188 valence electrons. The van der Waals surface area contributed by atoms with Crippen molar-refractivity contribution >= 4 is 128 Å². The third-order valence-corrected chi connectivity index (χ3v) is 3.28. The maximum absolute atomic E-state index is 10.9. The zero-order chi connectivity index (χ0) is 24.6. The molecule has 2 nitrogen and oxygen atoms in total. The van der Waals surface area contributed by atoms with Gasteiger partial charge in [0.1, 0.15) is 13.2 Å². The molecule has 2 aliphatic carbocycles. The van der Waals surface area contributed by atoms with E-state index in [0.717, 1.165) is 38.5 Å². The molecule has 2 rings (SSSR count). The number of hydrogen-bond donors (Lipinski definition) is 0. The van der Waals surface area contributed by atoms with Crippen LogP contribution in [0.4, 0.5) is 0 Å². The van der Waals surface area contributed by atoms with Gasteiger partial charge in [-0.25, -0.2) is 0 Å². The Kier molecular flexibility index (Phi) is 56.8. The number of ketones is 2. The zero-order valence-electron chi connectivity index (χ0n) is 19.8. The molecule has 2 aliphatic rings. The van der Waals surface area contributed by atoms with Crippen LogP contribution in [0.2, 0.25) is 19.6 Å². The molecule has 32 heavy (non-hydrogen) atoms. The monoisotopic (exact) mass is 1120 g/mol. The molecule has 1 saturated carbocycles. The predicted molar refractivity (Wildman–Crippen MR) is 175 cm³/mol. The minimum atomic E-state index is -1.14. The molecule has 0 saturated heterocycles. The third kappa shape index (κ3) is 54.7. The van der Waals surface area contributed by atoms with Gasteiger partial charge in [0.15, 0.2) is 5.78 Å². The van der Waals surface area contributed by atoms with Crippen molar-refractivity contribution in [2.45, 2.75) is 78.4 Å². The molecule has 0 aromatic carbocycles. The van der Waals surface area contributed by atoms with E-state index >= 15 is 0 Å². The van der Waals surface area contributed by atoms with Crippen molar-refractivity contribution in [1.29, 1.82) is 0 Å². The van der Waals surface area contributed by atoms with Crippen molar-refractivity contribution in [2.75, 3.05) is 0 Å². The molecule has 0 radical (unpaired) electrons. The van der Waals surface area contributed by atoms with Crippen LogP contribution in [0.25, 0.3) is 0 Å². The summed E-state index contributed by atoms with van der Waals surface area (Å²) in [7, 11) is -1.14. The van der Waals surface area contributed by atoms with Crippen LogP contribution in [0.1, 0.15) is 58.8 Å². The Morgan fingerprint density at radius 2 is 1.59 bits per heavy atom. The molecule has 0 aromatic rings. The summed E-state index contributed by atoms with van der Waals surface area (Å²) in [5.41, 5.74) is 1.17. The van der Waals surface area contributed by atoms with Gasteiger partial charge < -0.3 is 23.1 Å². The molecule has 0 aliphatic heterocycles. The van der Waals surface area contributed by atoms with Crippen molar-refractivity contribution < 1.29 is 39.8 Å². The summed E-state index contributed by atoms with van der Waals surface area (Å²) in [5, 5.41) is 0. The fourth-order valence-electron chi connectivity index (χ4n) is 2.14. The van der Waals surface area contributed by atoms with Crippen LogP contribution in [-0.2, 0) is 9.59 Å². The second-order valence-electron chi connectivity index (χ2n) is 7.41. The average Bonchev–Trinajstić information content (AvgIpc) is 2.64. The standard InChI is InChI=1S/C9H14O.C6H8O.C3H9ClSi.C3H5.BrH.I3.I2.Mg/c1-7(2)8-4-3-5-9(10)6-8;7-6-4-2-1-3-5-6;1-5(2,3)4;1-3-2;;1-3-2;1-2;/h8H,1,3-6H2,2H3;2,4H,1,3,5H2;1-3H3;1H2,2H3;1H;;;/q;;;-1;;-1;;+2/p-1/t8-;;;;;;;/m0......./s1. The number of carbonyl (C=O) groups is 2. The zero-order valence-corrected chi connectivity index (χ0v) is 35.3. The van der Waals surface area contributed by atoms with E-state index in [1.807, 2.05) is 13.0 Å². The van der Waals surface area contributed by atoms with Crippen molar-refractivity contribution in [3.8, 4) is 0 Å². The van der Waals surface area contributed by atoms with Crippen LogP contribution in [0.5, 0.6) is 0 Å². The molecular formula is C21H36BrClI5MgO2Si-. The second-order valence-corrected chi connectivity index (χ2v) is 31.2. The van der Waals surface area contributed by atoms with Gasteiger partial charge in [-0.3, -0.25) is 16.2 Å².